The van der Waals surface area contributed by atoms with Crippen LogP contribution in [0.4, 0.5) is 0 Å². The molecule has 114 valence electrons. The highest BCUT2D eigenvalue weighted by Gasteiger charge is 2.26. The Morgan fingerprint density at radius 2 is 2.30 bits per heavy atom. The van der Waals surface area contributed by atoms with Crippen LogP contribution < -0.4 is 5.32 Å². The van der Waals surface area contributed by atoms with Gasteiger partial charge in [0, 0.05) is 52.2 Å². The molecule has 0 spiro atoms. The van der Waals surface area contributed by atoms with Gasteiger partial charge in [0.2, 0.25) is 0 Å². The molecule has 1 saturated heterocycles. The van der Waals surface area contributed by atoms with E-state index in [0.29, 0.717) is 6.04 Å². The number of nitrogens with zero attached hydrogens (tertiary/aromatic N) is 3. The largest absolute Gasteiger partial charge is 0.380 e. The van der Waals surface area contributed by atoms with Gasteiger partial charge in [-0.1, -0.05) is 0 Å². The van der Waals surface area contributed by atoms with Crippen molar-refractivity contribution in [1.82, 2.24) is 19.8 Å². The van der Waals surface area contributed by atoms with Crippen molar-refractivity contribution in [3.63, 3.8) is 0 Å². The van der Waals surface area contributed by atoms with E-state index in [-0.39, 0.29) is 12.4 Å². The smallest absolute Gasteiger partial charge is 0.127 e. The second-order valence-electron chi connectivity index (χ2n) is 5.67. The lowest BCUT2D eigenvalue weighted by atomic mass is 10.2. The molecule has 1 aliphatic heterocycles. The van der Waals surface area contributed by atoms with Crippen molar-refractivity contribution in [1.29, 1.82) is 0 Å². The number of hydrogen-bond donors (Lipinski definition) is 1. The predicted molar refractivity (Wildman–Crippen MR) is 81.2 cm³/mol. The number of nitrogens with one attached hydrogen (secondary N) is 1. The van der Waals surface area contributed by atoms with Crippen LogP contribution in [0.25, 0.3) is 0 Å². The number of aromatic nitrogens is 2. The molecule has 1 N–H and O–H groups in total. The molecule has 5 nitrogen and oxygen atoms in total. The Balaban J connectivity index is 0.00000147. The minimum absolute atomic E-state index is 0. The van der Waals surface area contributed by atoms with Gasteiger partial charge in [-0.25, -0.2) is 4.98 Å². The van der Waals surface area contributed by atoms with E-state index in [9.17, 15) is 0 Å². The number of aryl methyl sites for hydroxylation is 1. The lowest BCUT2D eigenvalue weighted by Crippen LogP contribution is -2.47. The fraction of sp³-hybridized carbons (Fsp3) is 0.786. The second kappa shape index (κ2) is 7.41. The van der Waals surface area contributed by atoms with E-state index in [1.165, 1.54) is 12.8 Å². The molecule has 0 aromatic carbocycles. The highest BCUT2D eigenvalue weighted by molar-refractivity contribution is 5.85. The van der Waals surface area contributed by atoms with Gasteiger partial charge in [-0.05, 0) is 18.8 Å². The van der Waals surface area contributed by atoms with E-state index in [2.05, 4.69) is 26.8 Å². The van der Waals surface area contributed by atoms with Crippen LogP contribution in [-0.2, 0) is 11.8 Å². The summed E-state index contributed by atoms with van der Waals surface area (Å²) in [4.78, 5) is 6.99. The van der Waals surface area contributed by atoms with Crippen molar-refractivity contribution in [3.05, 3.63) is 18.2 Å². The maximum absolute atomic E-state index is 5.77. The van der Waals surface area contributed by atoms with Gasteiger partial charge in [0.05, 0.1) is 12.6 Å². The van der Waals surface area contributed by atoms with Gasteiger partial charge < -0.3 is 14.6 Å². The molecule has 20 heavy (non-hydrogen) atoms. The van der Waals surface area contributed by atoms with Crippen molar-refractivity contribution in [3.8, 4) is 0 Å². The molecular formula is C14H25ClN4O. The highest BCUT2D eigenvalue weighted by atomic mass is 35.5. The fourth-order valence-electron chi connectivity index (χ4n) is 2.68. The number of rotatable bonds is 6. The summed E-state index contributed by atoms with van der Waals surface area (Å²) in [6, 6.07) is 0.373. The fourth-order valence-corrected chi connectivity index (χ4v) is 2.68. The Morgan fingerprint density at radius 3 is 3.00 bits per heavy atom. The summed E-state index contributed by atoms with van der Waals surface area (Å²) in [5.41, 5.74) is 0. The summed E-state index contributed by atoms with van der Waals surface area (Å²) in [6.07, 6.45) is 6.63. The molecule has 1 saturated carbocycles. The van der Waals surface area contributed by atoms with Gasteiger partial charge >= 0.3 is 0 Å². The van der Waals surface area contributed by atoms with E-state index in [1.54, 1.807) is 0 Å². The van der Waals surface area contributed by atoms with Crippen LogP contribution in [0.15, 0.2) is 12.4 Å². The average Bonchev–Trinajstić information content (AvgIpc) is 3.16. The molecule has 1 aromatic rings. The number of piperazine rings is 1. The molecule has 0 radical (unpaired) electrons. The summed E-state index contributed by atoms with van der Waals surface area (Å²) >= 11 is 0. The van der Waals surface area contributed by atoms with E-state index >= 15 is 0 Å². The average molecular weight is 301 g/mol. The zero-order chi connectivity index (χ0) is 13.1. The van der Waals surface area contributed by atoms with Gasteiger partial charge in [-0.15, -0.1) is 12.4 Å². The van der Waals surface area contributed by atoms with Crippen molar-refractivity contribution in [2.45, 2.75) is 18.9 Å². The van der Waals surface area contributed by atoms with Crippen LogP contribution >= 0.6 is 12.4 Å². The maximum Gasteiger partial charge on any atom is 0.127 e. The molecule has 6 heteroatoms. The van der Waals surface area contributed by atoms with E-state index in [0.717, 1.165) is 51.1 Å². The maximum atomic E-state index is 5.77. The Bertz CT molecular complexity index is 408. The van der Waals surface area contributed by atoms with Crippen molar-refractivity contribution >= 4 is 12.4 Å². The van der Waals surface area contributed by atoms with Crippen molar-refractivity contribution in [2.75, 3.05) is 39.4 Å². The predicted octanol–water partition coefficient (Wildman–Crippen LogP) is 1.21. The molecule has 2 heterocycles. The first-order valence-corrected chi connectivity index (χ1v) is 7.34. The van der Waals surface area contributed by atoms with Gasteiger partial charge in [0.25, 0.3) is 0 Å². The van der Waals surface area contributed by atoms with Crippen LogP contribution in [0, 0.1) is 5.92 Å². The molecule has 2 aliphatic rings. The van der Waals surface area contributed by atoms with Crippen LogP contribution in [0.2, 0.25) is 0 Å². The van der Waals surface area contributed by atoms with Gasteiger partial charge in [0.15, 0.2) is 0 Å². The Labute approximate surface area is 127 Å². The lowest BCUT2D eigenvalue weighted by molar-refractivity contribution is 0.0688. The Morgan fingerprint density at radius 1 is 1.45 bits per heavy atom. The molecule has 0 amide bonds. The SMILES string of the molecule is Cl.Cn1ccnc1C1CNCCN1CCOCC1CC1. The summed E-state index contributed by atoms with van der Waals surface area (Å²) in [5, 5.41) is 3.46. The summed E-state index contributed by atoms with van der Waals surface area (Å²) in [5.74, 6) is 2.00. The first-order valence-electron chi connectivity index (χ1n) is 7.34. The van der Waals surface area contributed by atoms with Crippen molar-refractivity contribution < 1.29 is 4.74 Å². The number of ether oxygens (including phenoxy) is 1. The Kier molecular flexibility index (Phi) is 5.84. The molecule has 1 aliphatic carbocycles. The topological polar surface area (TPSA) is 42.3 Å². The molecule has 1 atom stereocenters. The zero-order valence-electron chi connectivity index (χ0n) is 12.1. The van der Waals surface area contributed by atoms with E-state index in [1.807, 2.05) is 12.4 Å². The lowest BCUT2D eigenvalue weighted by Gasteiger charge is -2.35. The van der Waals surface area contributed by atoms with Gasteiger partial charge in [-0.2, -0.15) is 0 Å². The quantitative estimate of drug-likeness (QED) is 0.802. The summed E-state index contributed by atoms with van der Waals surface area (Å²) < 4.78 is 7.89. The normalized spacial score (nSPS) is 23.6. The van der Waals surface area contributed by atoms with E-state index < -0.39 is 0 Å². The van der Waals surface area contributed by atoms with Crippen LogP contribution in [0.5, 0.6) is 0 Å². The third kappa shape index (κ3) is 3.95. The monoisotopic (exact) mass is 300 g/mol. The second-order valence-corrected chi connectivity index (χ2v) is 5.67. The van der Waals surface area contributed by atoms with E-state index in [4.69, 9.17) is 4.74 Å². The minimum atomic E-state index is 0. The summed E-state index contributed by atoms with van der Waals surface area (Å²) in [6.45, 7) is 5.92. The first kappa shape index (κ1) is 15.8. The first-order chi connectivity index (χ1) is 9.34. The Hall–Kier alpha value is -0.620. The highest BCUT2D eigenvalue weighted by Crippen LogP contribution is 2.28. The zero-order valence-corrected chi connectivity index (χ0v) is 12.9. The molecule has 0 bridgehead atoms. The third-order valence-electron chi connectivity index (χ3n) is 4.08. The van der Waals surface area contributed by atoms with Crippen LogP contribution in [-0.4, -0.2) is 53.8 Å². The number of halogens is 1. The molecule has 3 rings (SSSR count). The number of hydrogen-bond acceptors (Lipinski definition) is 4. The van der Waals surface area contributed by atoms with Gasteiger partial charge in [-0.3, -0.25) is 4.90 Å². The van der Waals surface area contributed by atoms with Crippen LogP contribution in [0.3, 0.4) is 0 Å². The van der Waals surface area contributed by atoms with Crippen molar-refractivity contribution in [2.24, 2.45) is 13.0 Å². The summed E-state index contributed by atoms with van der Waals surface area (Å²) in [7, 11) is 2.07. The standard InChI is InChI=1S/C14H24N4O.ClH/c1-17-6-5-16-14(17)13-10-15-4-7-18(13)8-9-19-11-12-2-3-12;/h5-6,12-13,15H,2-4,7-11H2,1H3;1H. The molecule has 1 aromatic heterocycles. The number of imidazole rings is 1. The molecule has 2 fully saturated rings. The van der Waals surface area contributed by atoms with Gasteiger partial charge in [0.1, 0.15) is 5.82 Å². The molecular weight excluding hydrogens is 276 g/mol. The van der Waals surface area contributed by atoms with Crippen LogP contribution in [0.1, 0.15) is 24.7 Å². The minimum Gasteiger partial charge on any atom is -0.380 e. The third-order valence-corrected chi connectivity index (χ3v) is 4.08. The molecule has 1 unspecified atom stereocenters.